The van der Waals surface area contributed by atoms with E-state index in [1.165, 1.54) is 51.4 Å². The summed E-state index contributed by atoms with van der Waals surface area (Å²) >= 11 is 0. The third-order valence-electron chi connectivity index (χ3n) is 6.48. The molecule has 0 radical (unpaired) electrons. The van der Waals surface area contributed by atoms with Crippen molar-refractivity contribution in [2.75, 3.05) is 0 Å². The van der Waals surface area contributed by atoms with Crippen molar-refractivity contribution < 1.29 is 0 Å². The summed E-state index contributed by atoms with van der Waals surface area (Å²) in [5.74, 6) is 5.12. The molecule has 2 aliphatic rings. The monoisotopic (exact) mass is 276 g/mol. The van der Waals surface area contributed by atoms with Crippen LogP contribution in [0.1, 0.15) is 85.0 Å². The molecule has 116 valence electrons. The summed E-state index contributed by atoms with van der Waals surface area (Å²) in [5, 5.41) is 0. The summed E-state index contributed by atoms with van der Waals surface area (Å²) in [5.41, 5.74) is 0. The van der Waals surface area contributed by atoms with Gasteiger partial charge in [0.15, 0.2) is 0 Å². The first-order valence-electron chi connectivity index (χ1n) is 9.41. The zero-order valence-corrected chi connectivity index (χ0v) is 14.1. The molecule has 2 aliphatic carbocycles. The van der Waals surface area contributed by atoms with E-state index in [0.717, 1.165) is 29.6 Å². The zero-order valence-electron chi connectivity index (χ0n) is 14.1. The normalized spacial score (nSPS) is 35.8. The van der Waals surface area contributed by atoms with Gasteiger partial charge in [-0.15, -0.1) is 0 Å². The van der Waals surface area contributed by atoms with Crippen LogP contribution in [0.5, 0.6) is 0 Å². The van der Waals surface area contributed by atoms with Crippen LogP contribution >= 0.6 is 0 Å². The van der Waals surface area contributed by atoms with Crippen LogP contribution in [-0.2, 0) is 0 Å². The quantitative estimate of drug-likeness (QED) is 0.495. The molecule has 0 atom stereocenters. The average Bonchev–Trinajstić information content (AvgIpc) is 2.50. The van der Waals surface area contributed by atoms with Crippen LogP contribution in [0, 0.1) is 29.6 Å². The first-order chi connectivity index (χ1) is 9.78. The lowest BCUT2D eigenvalue weighted by atomic mass is 9.67. The van der Waals surface area contributed by atoms with Gasteiger partial charge in [-0.2, -0.15) is 0 Å². The molecule has 0 amide bonds. The molecule has 0 aromatic heterocycles. The maximum absolute atomic E-state index is 2.44. The molecule has 20 heavy (non-hydrogen) atoms. The van der Waals surface area contributed by atoms with Crippen molar-refractivity contribution in [2.24, 2.45) is 29.6 Å². The number of hydrogen-bond acceptors (Lipinski definition) is 0. The molecule has 0 nitrogen and oxygen atoms in total. The second-order valence-corrected chi connectivity index (χ2v) is 7.45. The van der Waals surface area contributed by atoms with Crippen LogP contribution in [0.2, 0.25) is 0 Å². The molecule has 0 aromatic rings. The number of allylic oxidation sites excluding steroid dienone is 2. The lowest BCUT2D eigenvalue weighted by Gasteiger charge is -2.39. The van der Waals surface area contributed by atoms with E-state index >= 15 is 0 Å². The smallest absolute Gasteiger partial charge is 0.0233 e. The topological polar surface area (TPSA) is 0 Å². The van der Waals surface area contributed by atoms with E-state index in [2.05, 4.69) is 32.9 Å². The Morgan fingerprint density at radius 2 is 1.30 bits per heavy atom. The van der Waals surface area contributed by atoms with Gasteiger partial charge in [-0.1, -0.05) is 38.8 Å². The Bertz CT molecular complexity index is 270. The summed E-state index contributed by atoms with van der Waals surface area (Å²) in [6.45, 7) is 6.96. The molecule has 0 bridgehead atoms. The highest BCUT2D eigenvalue weighted by molar-refractivity contribution is 4.91. The van der Waals surface area contributed by atoms with Crippen LogP contribution in [0.4, 0.5) is 0 Å². The summed E-state index contributed by atoms with van der Waals surface area (Å²) in [6, 6.07) is 0. The Hall–Kier alpha value is -0.260. The second-order valence-electron chi connectivity index (χ2n) is 7.45. The minimum atomic E-state index is 0.900. The Kier molecular flexibility index (Phi) is 6.65. The van der Waals surface area contributed by atoms with Gasteiger partial charge in [-0.3, -0.25) is 0 Å². The molecular weight excluding hydrogens is 240 g/mol. The van der Waals surface area contributed by atoms with E-state index < -0.39 is 0 Å². The van der Waals surface area contributed by atoms with Crippen molar-refractivity contribution >= 4 is 0 Å². The first-order valence-corrected chi connectivity index (χ1v) is 9.41. The van der Waals surface area contributed by atoms with Crippen LogP contribution < -0.4 is 0 Å². The molecule has 0 spiro atoms. The Morgan fingerprint density at radius 1 is 0.800 bits per heavy atom. The molecule has 2 saturated carbocycles. The molecule has 0 heteroatoms. The second kappa shape index (κ2) is 8.25. The predicted molar refractivity (Wildman–Crippen MR) is 89.8 cm³/mol. The molecule has 0 heterocycles. The SMILES string of the molecule is CC=CC1CCC(C2CCC(C(CC)CC)CC2)CC1. The maximum Gasteiger partial charge on any atom is -0.0233 e. The number of rotatable bonds is 5. The first kappa shape index (κ1) is 16.1. The van der Waals surface area contributed by atoms with E-state index in [0.29, 0.717) is 0 Å². The van der Waals surface area contributed by atoms with Crippen molar-refractivity contribution in [3.05, 3.63) is 12.2 Å². The fourth-order valence-corrected chi connectivity index (χ4v) is 5.12. The van der Waals surface area contributed by atoms with Gasteiger partial charge in [0.2, 0.25) is 0 Å². The van der Waals surface area contributed by atoms with Crippen molar-refractivity contribution in [1.82, 2.24) is 0 Å². The van der Waals surface area contributed by atoms with Gasteiger partial charge in [0.25, 0.3) is 0 Å². The summed E-state index contributed by atoms with van der Waals surface area (Å²) in [4.78, 5) is 0. The fraction of sp³-hybridized carbons (Fsp3) is 0.900. The Morgan fingerprint density at radius 3 is 1.75 bits per heavy atom. The zero-order chi connectivity index (χ0) is 14.4. The highest BCUT2D eigenvalue weighted by Gasteiger charge is 2.31. The van der Waals surface area contributed by atoms with Crippen molar-refractivity contribution in [3.8, 4) is 0 Å². The fourth-order valence-electron chi connectivity index (χ4n) is 5.12. The van der Waals surface area contributed by atoms with Gasteiger partial charge >= 0.3 is 0 Å². The van der Waals surface area contributed by atoms with E-state index in [4.69, 9.17) is 0 Å². The molecule has 2 fully saturated rings. The summed E-state index contributed by atoms with van der Waals surface area (Å²) < 4.78 is 0. The van der Waals surface area contributed by atoms with Gasteiger partial charge in [0, 0.05) is 0 Å². The molecule has 0 aromatic carbocycles. The molecule has 2 rings (SSSR count). The minimum Gasteiger partial charge on any atom is -0.0914 e. The van der Waals surface area contributed by atoms with E-state index in [1.807, 2.05) is 0 Å². The summed E-state index contributed by atoms with van der Waals surface area (Å²) in [6.07, 6.45) is 19.6. The third kappa shape index (κ3) is 4.12. The highest BCUT2D eigenvalue weighted by Crippen LogP contribution is 2.43. The highest BCUT2D eigenvalue weighted by atomic mass is 14.4. The van der Waals surface area contributed by atoms with E-state index in [9.17, 15) is 0 Å². The third-order valence-corrected chi connectivity index (χ3v) is 6.48. The molecule has 0 N–H and O–H groups in total. The summed E-state index contributed by atoms with van der Waals surface area (Å²) in [7, 11) is 0. The van der Waals surface area contributed by atoms with E-state index in [1.54, 1.807) is 12.8 Å². The molecular formula is C20H36. The predicted octanol–water partition coefficient (Wildman–Crippen LogP) is 6.61. The standard InChI is InChI=1S/C20H36/c1-4-7-16-8-10-19(11-9-16)20-14-12-18(13-15-20)17(5-2)6-3/h4,7,16-20H,5-6,8-15H2,1-3H3. The van der Waals surface area contributed by atoms with Crippen molar-refractivity contribution in [1.29, 1.82) is 0 Å². The van der Waals surface area contributed by atoms with Gasteiger partial charge < -0.3 is 0 Å². The van der Waals surface area contributed by atoms with Gasteiger partial charge in [0.1, 0.15) is 0 Å². The van der Waals surface area contributed by atoms with Crippen LogP contribution in [0.25, 0.3) is 0 Å². The maximum atomic E-state index is 2.44. The van der Waals surface area contributed by atoms with Crippen molar-refractivity contribution in [3.63, 3.8) is 0 Å². The van der Waals surface area contributed by atoms with Crippen LogP contribution in [-0.4, -0.2) is 0 Å². The molecule has 0 saturated heterocycles. The van der Waals surface area contributed by atoms with Crippen LogP contribution in [0.15, 0.2) is 12.2 Å². The van der Waals surface area contributed by atoms with Crippen molar-refractivity contribution in [2.45, 2.75) is 85.0 Å². The minimum absolute atomic E-state index is 0.900. The lowest BCUT2D eigenvalue weighted by Crippen LogP contribution is -2.27. The lowest BCUT2D eigenvalue weighted by molar-refractivity contribution is 0.128. The van der Waals surface area contributed by atoms with E-state index in [-0.39, 0.29) is 0 Å². The van der Waals surface area contributed by atoms with Gasteiger partial charge in [-0.25, -0.2) is 0 Å². The van der Waals surface area contributed by atoms with Gasteiger partial charge in [0.05, 0.1) is 0 Å². The Balaban J connectivity index is 1.74. The Labute approximate surface area is 127 Å². The largest absolute Gasteiger partial charge is 0.0914 e. The molecule has 0 unspecified atom stereocenters. The number of hydrogen-bond donors (Lipinski definition) is 0. The van der Waals surface area contributed by atoms with Gasteiger partial charge in [-0.05, 0) is 87.9 Å². The van der Waals surface area contributed by atoms with Crippen LogP contribution in [0.3, 0.4) is 0 Å². The molecule has 0 aliphatic heterocycles. The average molecular weight is 277 g/mol.